The molecule has 28 heavy (non-hydrogen) atoms. The molecule has 0 bridgehead atoms. The van der Waals surface area contributed by atoms with Crippen molar-refractivity contribution in [2.45, 2.75) is 43.3 Å². The quantitative estimate of drug-likeness (QED) is 0.642. The van der Waals surface area contributed by atoms with Crippen LogP contribution in [0.2, 0.25) is 0 Å². The van der Waals surface area contributed by atoms with Crippen molar-refractivity contribution in [3.05, 3.63) is 41.5 Å². The maximum atomic E-state index is 12.9. The molecule has 2 aromatic rings. The maximum Gasteiger partial charge on any atom is 0.321 e. The summed E-state index contributed by atoms with van der Waals surface area (Å²) in [5, 5.41) is 12.4. The summed E-state index contributed by atoms with van der Waals surface area (Å²) >= 11 is 1.13. The van der Waals surface area contributed by atoms with Gasteiger partial charge >= 0.3 is 6.03 Å². The molecule has 1 aliphatic rings. The molecule has 0 saturated heterocycles. The minimum atomic E-state index is -0.449. The smallest absolute Gasteiger partial charge is 0.321 e. The van der Waals surface area contributed by atoms with E-state index in [4.69, 9.17) is 0 Å². The molecule has 1 aliphatic carbocycles. The first-order valence-electron chi connectivity index (χ1n) is 9.18. The minimum Gasteiger partial charge on any atom is -0.335 e. The van der Waals surface area contributed by atoms with Gasteiger partial charge in [0.1, 0.15) is 11.6 Å². The number of H-pyrrole nitrogens is 1. The van der Waals surface area contributed by atoms with Gasteiger partial charge in [0.05, 0.1) is 5.75 Å². The zero-order chi connectivity index (χ0) is 19.8. The van der Waals surface area contributed by atoms with E-state index in [1.807, 2.05) is 0 Å². The number of imide groups is 1. The van der Waals surface area contributed by atoms with Crippen LogP contribution in [0.4, 0.5) is 9.18 Å². The number of thioether (sulfide) groups is 1. The highest BCUT2D eigenvalue weighted by Gasteiger charge is 2.17. The number of amides is 3. The van der Waals surface area contributed by atoms with Gasteiger partial charge in [0.15, 0.2) is 0 Å². The average Bonchev–Trinajstić information content (AvgIpc) is 3.14. The van der Waals surface area contributed by atoms with Gasteiger partial charge in [0.2, 0.25) is 11.1 Å². The van der Waals surface area contributed by atoms with E-state index in [0.717, 1.165) is 43.0 Å². The Morgan fingerprint density at radius 3 is 2.68 bits per heavy atom. The summed E-state index contributed by atoms with van der Waals surface area (Å²) in [7, 11) is 0. The molecule has 0 spiro atoms. The molecular weight excluding hydrogens is 381 g/mol. The highest BCUT2D eigenvalue weighted by molar-refractivity contribution is 7.99. The molecule has 0 unspecified atom stereocenters. The summed E-state index contributed by atoms with van der Waals surface area (Å²) in [6.07, 6.45) is 8.82. The van der Waals surface area contributed by atoms with Crippen molar-refractivity contribution in [2.24, 2.45) is 0 Å². The van der Waals surface area contributed by atoms with E-state index in [2.05, 4.69) is 25.8 Å². The summed E-state index contributed by atoms with van der Waals surface area (Å²) in [5.41, 5.74) is 0.829. The standard InChI is InChI=1S/C19H22FN5O2S/c20-14-9-6-13(7-10-14)8-11-16-22-19(25-24-16)28-12-17(26)23-18(27)21-15-4-2-1-3-5-15/h6-11,15H,1-5,12H2,(H,22,24,25)(H2,21,23,26,27)/b11-8+. The molecule has 1 aromatic heterocycles. The summed E-state index contributed by atoms with van der Waals surface area (Å²) in [5.74, 6) is -0.133. The Morgan fingerprint density at radius 2 is 1.93 bits per heavy atom. The normalized spacial score (nSPS) is 14.9. The van der Waals surface area contributed by atoms with Crippen molar-refractivity contribution in [3.63, 3.8) is 0 Å². The van der Waals surface area contributed by atoms with Crippen LogP contribution in [0.15, 0.2) is 29.4 Å². The molecule has 7 nitrogen and oxygen atoms in total. The van der Waals surface area contributed by atoms with Gasteiger partial charge in [-0.3, -0.25) is 15.2 Å². The van der Waals surface area contributed by atoms with Gasteiger partial charge in [0, 0.05) is 6.04 Å². The molecule has 1 heterocycles. The lowest BCUT2D eigenvalue weighted by Crippen LogP contribution is -2.45. The average molecular weight is 403 g/mol. The second-order valence-electron chi connectivity index (χ2n) is 6.53. The third-order valence-corrected chi connectivity index (χ3v) is 5.16. The Kier molecular flexibility index (Phi) is 7.18. The van der Waals surface area contributed by atoms with Crippen molar-refractivity contribution in [3.8, 4) is 0 Å². The Labute approximate surface area is 166 Å². The number of nitrogens with zero attached hydrogens (tertiary/aromatic N) is 2. The van der Waals surface area contributed by atoms with E-state index in [0.29, 0.717) is 11.0 Å². The first-order valence-corrected chi connectivity index (χ1v) is 10.2. The lowest BCUT2D eigenvalue weighted by atomic mass is 9.96. The van der Waals surface area contributed by atoms with Gasteiger partial charge in [-0.2, -0.15) is 0 Å². The van der Waals surface area contributed by atoms with Gasteiger partial charge in [0.25, 0.3) is 0 Å². The summed E-state index contributed by atoms with van der Waals surface area (Å²) in [4.78, 5) is 28.0. The van der Waals surface area contributed by atoms with Crippen molar-refractivity contribution < 1.29 is 14.0 Å². The molecule has 3 amide bonds. The first kappa shape index (κ1) is 20.1. The van der Waals surface area contributed by atoms with E-state index >= 15 is 0 Å². The highest BCUT2D eigenvalue weighted by Crippen LogP contribution is 2.17. The Bertz CT molecular complexity index is 831. The zero-order valence-corrected chi connectivity index (χ0v) is 16.1. The number of urea groups is 1. The Morgan fingerprint density at radius 1 is 1.18 bits per heavy atom. The molecule has 0 radical (unpaired) electrons. The van der Waals surface area contributed by atoms with Crippen LogP contribution < -0.4 is 10.6 Å². The van der Waals surface area contributed by atoms with Crippen LogP contribution in [-0.4, -0.2) is 38.9 Å². The van der Waals surface area contributed by atoms with Crippen LogP contribution in [-0.2, 0) is 4.79 Å². The molecular formula is C19H22FN5O2S. The van der Waals surface area contributed by atoms with E-state index in [1.54, 1.807) is 24.3 Å². The summed E-state index contributed by atoms with van der Waals surface area (Å²) in [6.45, 7) is 0. The minimum absolute atomic E-state index is 0.0387. The lowest BCUT2D eigenvalue weighted by Gasteiger charge is -2.22. The van der Waals surface area contributed by atoms with Crippen LogP contribution in [0.3, 0.4) is 0 Å². The van der Waals surface area contributed by atoms with Crippen molar-refractivity contribution in [1.82, 2.24) is 25.8 Å². The van der Waals surface area contributed by atoms with Crippen LogP contribution >= 0.6 is 11.8 Å². The fourth-order valence-electron chi connectivity index (χ4n) is 2.91. The van der Waals surface area contributed by atoms with Crippen LogP contribution in [0, 0.1) is 5.82 Å². The molecule has 3 N–H and O–H groups in total. The SMILES string of the molecule is O=C(CSc1n[nH]c(/C=C/c2ccc(F)cc2)n1)NC(=O)NC1CCCCC1. The number of carbonyl (C=O) groups excluding carboxylic acids is 2. The number of carbonyl (C=O) groups is 2. The fourth-order valence-corrected chi connectivity index (χ4v) is 3.51. The van der Waals surface area contributed by atoms with E-state index in [9.17, 15) is 14.0 Å². The maximum absolute atomic E-state index is 12.9. The van der Waals surface area contributed by atoms with Gasteiger partial charge in [-0.15, -0.1) is 5.10 Å². The second-order valence-corrected chi connectivity index (χ2v) is 7.48. The van der Waals surface area contributed by atoms with E-state index < -0.39 is 11.9 Å². The van der Waals surface area contributed by atoms with E-state index in [1.165, 1.54) is 18.6 Å². The third-order valence-electron chi connectivity index (χ3n) is 4.31. The first-order chi connectivity index (χ1) is 13.6. The van der Waals surface area contributed by atoms with Gasteiger partial charge < -0.3 is 5.32 Å². The zero-order valence-electron chi connectivity index (χ0n) is 15.3. The Balaban J connectivity index is 1.41. The lowest BCUT2D eigenvalue weighted by molar-refractivity contribution is -0.117. The number of halogens is 1. The molecule has 9 heteroatoms. The molecule has 1 fully saturated rings. The van der Waals surface area contributed by atoms with Crippen molar-refractivity contribution >= 4 is 35.9 Å². The predicted octanol–water partition coefficient (Wildman–Crippen LogP) is 3.36. The summed E-state index contributed by atoms with van der Waals surface area (Å²) in [6, 6.07) is 5.77. The molecule has 1 saturated carbocycles. The topological polar surface area (TPSA) is 99.8 Å². The second kappa shape index (κ2) is 10.0. The van der Waals surface area contributed by atoms with Crippen LogP contribution in [0.5, 0.6) is 0 Å². The predicted molar refractivity (Wildman–Crippen MR) is 106 cm³/mol. The number of aromatic amines is 1. The number of benzene rings is 1. The Hall–Kier alpha value is -2.68. The highest BCUT2D eigenvalue weighted by atomic mass is 32.2. The number of rotatable bonds is 6. The van der Waals surface area contributed by atoms with Crippen molar-refractivity contribution in [1.29, 1.82) is 0 Å². The number of hydrogen-bond acceptors (Lipinski definition) is 5. The van der Waals surface area contributed by atoms with Crippen LogP contribution in [0.1, 0.15) is 43.5 Å². The van der Waals surface area contributed by atoms with Crippen LogP contribution in [0.25, 0.3) is 12.2 Å². The third kappa shape index (κ3) is 6.49. The molecule has 0 aliphatic heterocycles. The molecule has 1 aromatic carbocycles. The van der Waals surface area contributed by atoms with Gasteiger partial charge in [-0.05, 0) is 36.6 Å². The number of aromatic nitrogens is 3. The largest absolute Gasteiger partial charge is 0.335 e. The number of hydrogen-bond donors (Lipinski definition) is 3. The molecule has 0 atom stereocenters. The fraction of sp³-hybridized carbons (Fsp3) is 0.368. The van der Waals surface area contributed by atoms with E-state index in [-0.39, 0.29) is 17.6 Å². The molecule has 3 rings (SSSR count). The number of nitrogens with one attached hydrogen (secondary N) is 3. The summed E-state index contributed by atoms with van der Waals surface area (Å²) < 4.78 is 12.9. The van der Waals surface area contributed by atoms with Gasteiger partial charge in [-0.1, -0.05) is 49.2 Å². The van der Waals surface area contributed by atoms with Gasteiger partial charge in [-0.25, -0.2) is 14.2 Å². The molecule has 148 valence electrons. The monoisotopic (exact) mass is 403 g/mol. The van der Waals surface area contributed by atoms with Crippen molar-refractivity contribution in [2.75, 3.05) is 5.75 Å².